The van der Waals surface area contributed by atoms with Gasteiger partial charge >= 0.3 is 0 Å². The highest BCUT2D eigenvalue weighted by Gasteiger charge is 2.28. The lowest BCUT2D eigenvalue weighted by Crippen LogP contribution is -2.34. The van der Waals surface area contributed by atoms with Gasteiger partial charge in [-0.05, 0) is 51.2 Å². The van der Waals surface area contributed by atoms with Crippen LogP contribution in [0.4, 0.5) is 0 Å². The molecule has 1 aliphatic heterocycles. The molecule has 1 atom stereocenters. The standard InChI is InChI=1S/C20H24N4O2/c1-22(2)10-8-15-12-23(14-17-7-9-21-24(17)13-15)20(25)19-11-16-5-3-4-6-18(16)26-19/h3-7,9,11,15H,8,10,12-14H2,1-2H3. The minimum Gasteiger partial charge on any atom is -0.451 e. The Morgan fingerprint density at radius 2 is 2.12 bits per heavy atom. The molecule has 6 nitrogen and oxygen atoms in total. The number of para-hydroxylation sites is 1. The van der Waals surface area contributed by atoms with Gasteiger partial charge in [-0.15, -0.1) is 0 Å². The van der Waals surface area contributed by atoms with Gasteiger partial charge in [-0.2, -0.15) is 5.10 Å². The van der Waals surface area contributed by atoms with Gasteiger partial charge in [0.25, 0.3) is 5.91 Å². The van der Waals surface area contributed by atoms with Gasteiger partial charge in [0.2, 0.25) is 0 Å². The van der Waals surface area contributed by atoms with Crippen molar-refractivity contribution in [3.63, 3.8) is 0 Å². The number of hydrogen-bond acceptors (Lipinski definition) is 4. The van der Waals surface area contributed by atoms with Gasteiger partial charge in [0.15, 0.2) is 5.76 Å². The quantitative estimate of drug-likeness (QED) is 0.724. The molecule has 0 spiro atoms. The van der Waals surface area contributed by atoms with E-state index in [2.05, 4.69) is 24.1 Å². The average molecular weight is 352 g/mol. The van der Waals surface area contributed by atoms with Gasteiger partial charge in [0.05, 0.1) is 12.2 Å². The lowest BCUT2D eigenvalue weighted by molar-refractivity contribution is 0.0686. The van der Waals surface area contributed by atoms with E-state index in [9.17, 15) is 4.79 Å². The van der Waals surface area contributed by atoms with Gasteiger partial charge in [-0.3, -0.25) is 9.48 Å². The summed E-state index contributed by atoms with van der Waals surface area (Å²) in [5.74, 6) is 0.725. The first kappa shape index (κ1) is 16.8. The summed E-state index contributed by atoms with van der Waals surface area (Å²) in [7, 11) is 4.15. The second-order valence-electron chi connectivity index (χ2n) is 7.30. The summed E-state index contributed by atoms with van der Waals surface area (Å²) in [6.45, 7) is 3.12. The molecule has 4 rings (SSSR count). The Morgan fingerprint density at radius 3 is 2.92 bits per heavy atom. The van der Waals surface area contributed by atoms with Crippen molar-refractivity contribution < 1.29 is 9.21 Å². The molecule has 0 bridgehead atoms. The molecule has 0 fully saturated rings. The normalized spacial score (nSPS) is 17.5. The summed E-state index contributed by atoms with van der Waals surface area (Å²) in [6, 6.07) is 11.6. The van der Waals surface area contributed by atoms with E-state index in [0.717, 1.165) is 36.2 Å². The maximum atomic E-state index is 13.1. The molecule has 3 heterocycles. The molecule has 6 heteroatoms. The second-order valence-corrected chi connectivity index (χ2v) is 7.30. The van der Waals surface area contributed by atoms with E-state index < -0.39 is 0 Å². The Morgan fingerprint density at radius 1 is 1.27 bits per heavy atom. The average Bonchev–Trinajstić information content (AvgIpc) is 3.21. The molecule has 0 saturated heterocycles. The lowest BCUT2D eigenvalue weighted by Gasteiger charge is -2.24. The Labute approximate surface area is 153 Å². The van der Waals surface area contributed by atoms with Crippen LogP contribution in [-0.2, 0) is 13.1 Å². The fourth-order valence-corrected chi connectivity index (χ4v) is 3.55. The number of carbonyl (C=O) groups is 1. The maximum Gasteiger partial charge on any atom is 0.289 e. The second kappa shape index (κ2) is 6.96. The third kappa shape index (κ3) is 3.37. The monoisotopic (exact) mass is 352 g/mol. The Hall–Kier alpha value is -2.60. The third-order valence-electron chi connectivity index (χ3n) is 4.98. The van der Waals surface area contributed by atoms with E-state index in [1.165, 1.54) is 0 Å². The van der Waals surface area contributed by atoms with Gasteiger partial charge in [-0.25, -0.2) is 0 Å². The zero-order valence-electron chi connectivity index (χ0n) is 15.3. The molecule has 0 saturated carbocycles. The molecule has 0 aliphatic carbocycles. The van der Waals surface area contributed by atoms with Crippen LogP contribution in [0.1, 0.15) is 22.7 Å². The zero-order chi connectivity index (χ0) is 18.1. The topological polar surface area (TPSA) is 54.5 Å². The van der Waals surface area contributed by atoms with Crippen LogP contribution in [-0.4, -0.2) is 52.7 Å². The minimum absolute atomic E-state index is 0.0503. The number of aromatic nitrogens is 2. The summed E-state index contributed by atoms with van der Waals surface area (Å²) >= 11 is 0. The summed E-state index contributed by atoms with van der Waals surface area (Å²) < 4.78 is 7.84. The van der Waals surface area contributed by atoms with Crippen LogP contribution in [0.3, 0.4) is 0 Å². The number of furan rings is 1. The van der Waals surface area contributed by atoms with E-state index in [-0.39, 0.29) is 5.91 Å². The Kier molecular flexibility index (Phi) is 4.51. The fourth-order valence-electron chi connectivity index (χ4n) is 3.55. The first-order chi connectivity index (χ1) is 12.6. The van der Waals surface area contributed by atoms with Crippen LogP contribution < -0.4 is 0 Å². The highest BCUT2D eigenvalue weighted by atomic mass is 16.3. The van der Waals surface area contributed by atoms with Crippen molar-refractivity contribution in [2.45, 2.75) is 19.5 Å². The smallest absolute Gasteiger partial charge is 0.289 e. The van der Waals surface area contributed by atoms with Crippen molar-refractivity contribution in [1.82, 2.24) is 19.6 Å². The SMILES string of the molecule is CN(C)CCC1CN(C(=O)c2cc3ccccc3o2)Cc2ccnn2C1. The number of benzene rings is 1. The van der Waals surface area contributed by atoms with Crippen molar-refractivity contribution >= 4 is 16.9 Å². The van der Waals surface area contributed by atoms with E-state index in [0.29, 0.717) is 24.8 Å². The van der Waals surface area contributed by atoms with Gasteiger partial charge in [0.1, 0.15) is 5.58 Å². The molecule has 136 valence electrons. The summed E-state index contributed by atoms with van der Waals surface area (Å²) in [5.41, 5.74) is 1.82. The fraction of sp³-hybridized carbons (Fsp3) is 0.400. The molecule has 3 aromatic rings. The zero-order valence-corrected chi connectivity index (χ0v) is 15.3. The minimum atomic E-state index is -0.0503. The molecule has 26 heavy (non-hydrogen) atoms. The Bertz CT molecular complexity index is 878. The van der Waals surface area contributed by atoms with Crippen molar-refractivity contribution in [2.24, 2.45) is 5.92 Å². The van der Waals surface area contributed by atoms with Gasteiger partial charge in [0, 0.05) is 24.7 Å². The molecule has 0 radical (unpaired) electrons. The first-order valence-electron chi connectivity index (χ1n) is 9.03. The van der Waals surface area contributed by atoms with E-state index in [1.807, 2.05) is 52.2 Å². The third-order valence-corrected chi connectivity index (χ3v) is 4.98. The first-order valence-corrected chi connectivity index (χ1v) is 9.03. The van der Waals surface area contributed by atoms with E-state index in [1.54, 1.807) is 0 Å². The highest BCUT2D eigenvalue weighted by Crippen LogP contribution is 2.24. The van der Waals surface area contributed by atoms with Gasteiger partial charge in [-0.1, -0.05) is 18.2 Å². The van der Waals surface area contributed by atoms with Crippen LogP contribution in [0, 0.1) is 5.92 Å². The van der Waals surface area contributed by atoms with Gasteiger partial charge < -0.3 is 14.2 Å². The van der Waals surface area contributed by atoms with Crippen LogP contribution in [0.15, 0.2) is 47.0 Å². The predicted molar refractivity (Wildman–Crippen MR) is 99.8 cm³/mol. The van der Waals surface area contributed by atoms with Crippen molar-refractivity contribution in [3.8, 4) is 0 Å². The van der Waals surface area contributed by atoms with Crippen molar-refractivity contribution in [1.29, 1.82) is 0 Å². The van der Waals surface area contributed by atoms with Crippen LogP contribution in [0.25, 0.3) is 11.0 Å². The number of nitrogens with zero attached hydrogens (tertiary/aromatic N) is 4. The molecule has 2 aromatic heterocycles. The number of carbonyl (C=O) groups excluding carboxylic acids is 1. The Balaban J connectivity index is 1.59. The molecule has 1 amide bonds. The largest absolute Gasteiger partial charge is 0.451 e. The molecule has 1 unspecified atom stereocenters. The lowest BCUT2D eigenvalue weighted by atomic mass is 10.0. The number of fused-ring (bicyclic) bond motifs is 2. The van der Waals surface area contributed by atoms with Crippen LogP contribution in [0.5, 0.6) is 0 Å². The summed E-state index contributed by atoms with van der Waals surface area (Å²) in [4.78, 5) is 17.2. The van der Waals surface area contributed by atoms with Crippen LogP contribution >= 0.6 is 0 Å². The van der Waals surface area contributed by atoms with Crippen LogP contribution in [0.2, 0.25) is 0 Å². The highest BCUT2D eigenvalue weighted by molar-refractivity contribution is 5.96. The summed E-state index contributed by atoms with van der Waals surface area (Å²) in [6.07, 6.45) is 2.84. The molecule has 0 N–H and O–H groups in total. The summed E-state index contributed by atoms with van der Waals surface area (Å²) in [5, 5.41) is 5.40. The number of amides is 1. The molecular weight excluding hydrogens is 328 g/mol. The predicted octanol–water partition coefficient (Wildman–Crippen LogP) is 2.85. The van der Waals surface area contributed by atoms with E-state index >= 15 is 0 Å². The number of hydrogen-bond donors (Lipinski definition) is 0. The van der Waals surface area contributed by atoms with Crippen molar-refractivity contribution in [2.75, 3.05) is 27.2 Å². The maximum absolute atomic E-state index is 13.1. The van der Waals surface area contributed by atoms with E-state index in [4.69, 9.17) is 4.42 Å². The number of rotatable bonds is 4. The molecule has 1 aromatic carbocycles. The molecular formula is C20H24N4O2. The van der Waals surface area contributed by atoms with Crippen molar-refractivity contribution in [3.05, 3.63) is 54.0 Å². The molecule has 1 aliphatic rings.